The van der Waals surface area contributed by atoms with Crippen LogP contribution in [0, 0.1) is 5.41 Å². The van der Waals surface area contributed by atoms with Crippen LogP contribution in [0.2, 0.25) is 0 Å². The number of benzene rings is 2. The van der Waals surface area contributed by atoms with Crippen LogP contribution in [-0.4, -0.2) is 42.8 Å². The van der Waals surface area contributed by atoms with Crippen LogP contribution in [0.1, 0.15) is 18.1 Å². The van der Waals surface area contributed by atoms with Gasteiger partial charge in [0.05, 0.1) is 0 Å². The molecule has 1 saturated heterocycles. The van der Waals surface area contributed by atoms with Crippen molar-refractivity contribution >= 4 is 0 Å². The minimum Gasteiger partial charge on any atom is -0.406 e. The molecule has 0 aromatic heterocycles. The van der Waals surface area contributed by atoms with Crippen molar-refractivity contribution in [3.63, 3.8) is 0 Å². The van der Waals surface area contributed by atoms with Gasteiger partial charge in [-0.2, -0.15) is 0 Å². The molecule has 30 heavy (non-hydrogen) atoms. The molecule has 0 bridgehead atoms. The highest BCUT2D eigenvalue weighted by Gasteiger charge is 2.56. The van der Waals surface area contributed by atoms with E-state index >= 15 is 0 Å². The van der Waals surface area contributed by atoms with E-state index in [4.69, 9.17) is 0 Å². The van der Waals surface area contributed by atoms with Crippen molar-refractivity contribution in [3.05, 3.63) is 53.6 Å². The number of fused-ring (bicyclic) bond motifs is 1. The number of likely N-dealkylation sites (tertiary alicyclic amines) is 1. The van der Waals surface area contributed by atoms with Gasteiger partial charge >= 0.3 is 12.7 Å². The second kappa shape index (κ2) is 6.45. The van der Waals surface area contributed by atoms with Gasteiger partial charge in [0.2, 0.25) is 0 Å². The van der Waals surface area contributed by atoms with Gasteiger partial charge in [-0.3, -0.25) is 0 Å². The minimum absolute atomic E-state index is 0.170. The summed E-state index contributed by atoms with van der Waals surface area (Å²) in [4.78, 5) is 1.95. The van der Waals surface area contributed by atoms with E-state index in [0.717, 1.165) is 12.1 Å². The topological polar surface area (TPSA) is 51.2 Å². The zero-order valence-electron chi connectivity index (χ0n) is 16.0. The Morgan fingerprint density at radius 3 is 2.10 bits per heavy atom. The van der Waals surface area contributed by atoms with Crippen LogP contribution in [0.4, 0.5) is 22.0 Å². The van der Waals surface area contributed by atoms with E-state index in [0.29, 0.717) is 18.7 Å². The normalized spacial score (nSPS) is 21.6. The summed E-state index contributed by atoms with van der Waals surface area (Å²) in [7, 11) is 1.85. The van der Waals surface area contributed by atoms with Crippen molar-refractivity contribution in [2.24, 2.45) is 5.41 Å². The smallest absolute Gasteiger partial charge is 0.406 e. The lowest BCUT2D eigenvalue weighted by Crippen LogP contribution is -2.63. The van der Waals surface area contributed by atoms with E-state index in [1.165, 1.54) is 30.3 Å². The Morgan fingerprint density at radius 1 is 0.967 bits per heavy atom. The molecule has 2 aromatic rings. The molecular weight excluding hydrogens is 413 g/mol. The van der Waals surface area contributed by atoms with E-state index in [1.807, 2.05) is 18.9 Å². The molecule has 0 spiro atoms. The molecule has 2 heterocycles. The van der Waals surface area contributed by atoms with Crippen LogP contribution in [0.5, 0.6) is 17.2 Å². The number of hydrogen-bond acceptors (Lipinski definition) is 5. The first-order valence-corrected chi connectivity index (χ1v) is 8.99. The Kier molecular flexibility index (Phi) is 4.45. The van der Waals surface area contributed by atoms with Gasteiger partial charge in [0.15, 0.2) is 11.5 Å². The molecule has 2 aliphatic heterocycles. The predicted octanol–water partition coefficient (Wildman–Crippen LogP) is 4.09. The van der Waals surface area contributed by atoms with E-state index in [-0.39, 0.29) is 17.1 Å². The summed E-state index contributed by atoms with van der Waals surface area (Å²) in [5.74, 6) is -0.838. The van der Waals surface area contributed by atoms with Gasteiger partial charge in [0.1, 0.15) is 11.4 Å². The first kappa shape index (κ1) is 20.7. The number of halogens is 5. The van der Waals surface area contributed by atoms with Crippen molar-refractivity contribution < 1.29 is 41.3 Å². The SMILES string of the molecule is CN1CC(C)(C(O)(c2ccc(OC(F)(F)F)cc2)c2ccc3c(c2)OC(F)(F)O3)C1. The second-order valence-corrected chi connectivity index (χ2v) is 7.84. The minimum atomic E-state index is -4.84. The lowest BCUT2D eigenvalue weighted by molar-refractivity contribution is -0.286. The first-order chi connectivity index (χ1) is 13.8. The summed E-state index contributed by atoms with van der Waals surface area (Å²) in [6, 6.07) is 8.81. The van der Waals surface area contributed by atoms with Crippen LogP contribution in [-0.2, 0) is 5.60 Å². The summed E-state index contributed by atoms with van der Waals surface area (Å²) in [6.45, 7) is 2.75. The molecule has 4 rings (SSSR count). The van der Waals surface area contributed by atoms with Gasteiger partial charge in [0, 0.05) is 18.5 Å². The number of nitrogens with zero attached hydrogens (tertiary/aromatic N) is 1. The maximum atomic E-state index is 13.4. The Bertz CT molecular complexity index is 957. The van der Waals surface area contributed by atoms with Gasteiger partial charge in [0.25, 0.3) is 0 Å². The largest absolute Gasteiger partial charge is 0.586 e. The van der Waals surface area contributed by atoms with Gasteiger partial charge < -0.3 is 24.2 Å². The van der Waals surface area contributed by atoms with Gasteiger partial charge in [-0.1, -0.05) is 25.1 Å². The van der Waals surface area contributed by atoms with E-state index < -0.39 is 29.4 Å². The molecule has 0 saturated carbocycles. The predicted molar refractivity (Wildman–Crippen MR) is 94.4 cm³/mol. The Labute approximate surface area is 168 Å². The highest BCUT2D eigenvalue weighted by atomic mass is 19.4. The van der Waals surface area contributed by atoms with Crippen molar-refractivity contribution in [1.82, 2.24) is 4.90 Å². The molecule has 0 radical (unpaired) electrons. The number of ether oxygens (including phenoxy) is 3. The summed E-state index contributed by atoms with van der Waals surface area (Å²) in [5.41, 5.74) is -1.91. The van der Waals surface area contributed by atoms with Gasteiger partial charge in [-0.15, -0.1) is 22.0 Å². The monoisotopic (exact) mass is 431 g/mol. The summed E-state index contributed by atoms with van der Waals surface area (Å²) >= 11 is 0. The summed E-state index contributed by atoms with van der Waals surface area (Å²) in [5, 5.41) is 11.9. The molecule has 1 atom stereocenters. The third kappa shape index (κ3) is 3.43. The number of alkyl halides is 5. The molecule has 162 valence electrons. The van der Waals surface area contributed by atoms with Crippen LogP contribution in [0.3, 0.4) is 0 Å². The molecule has 0 aliphatic carbocycles. The fourth-order valence-corrected chi connectivity index (χ4v) is 4.31. The molecule has 1 unspecified atom stereocenters. The van der Waals surface area contributed by atoms with E-state index in [1.54, 1.807) is 0 Å². The Morgan fingerprint density at radius 2 is 1.53 bits per heavy atom. The number of rotatable bonds is 4. The van der Waals surface area contributed by atoms with Crippen molar-refractivity contribution in [3.8, 4) is 17.2 Å². The fraction of sp³-hybridized carbons (Fsp3) is 0.400. The van der Waals surface area contributed by atoms with Crippen molar-refractivity contribution in [2.75, 3.05) is 20.1 Å². The van der Waals surface area contributed by atoms with Crippen molar-refractivity contribution in [2.45, 2.75) is 25.2 Å². The first-order valence-electron chi connectivity index (χ1n) is 8.99. The van der Waals surface area contributed by atoms with Crippen molar-refractivity contribution in [1.29, 1.82) is 0 Å². The maximum Gasteiger partial charge on any atom is 0.586 e. The Hall–Kier alpha value is -2.59. The third-order valence-corrected chi connectivity index (χ3v) is 5.44. The second-order valence-electron chi connectivity index (χ2n) is 7.84. The third-order valence-electron chi connectivity index (χ3n) is 5.44. The van der Waals surface area contributed by atoms with E-state index in [9.17, 15) is 27.1 Å². The highest BCUT2D eigenvalue weighted by molar-refractivity contribution is 5.51. The summed E-state index contributed by atoms with van der Waals surface area (Å²) in [6.07, 6.45) is -8.65. The quantitative estimate of drug-likeness (QED) is 0.739. The molecule has 5 nitrogen and oxygen atoms in total. The summed E-state index contributed by atoms with van der Waals surface area (Å²) < 4.78 is 77.0. The molecule has 10 heteroatoms. The van der Waals surface area contributed by atoms with Crippen LogP contribution < -0.4 is 14.2 Å². The molecule has 2 aromatic carbocycles. The molecule has 2 aliphatic rings. The zero-order valence-corrected chi connectivity index (χ0v) is 16.0. The van der Waals surface area contributed by atoms with Crippen LogP contribution >= 0.6 is 0 Å². The average Bonchev–Trinajstić information content (AvgIpc) is 2.91. The van der Waals surface area contributed by atoms with E-state index in [2.05, 4.69) is 14.2 Å². The molecular formula is C20H18F5NO4. The lowest BCUT2D eigenvalue weighted by Gasteiger charge is -2.56. The number of aliphatic hydroxyl groups is 1. The lowest BCUT2D eigenvalue weighted by atomic mass is 9.62. The molecule has 0 amide bonds. The average molecular weight is 431 g/mol. The molecule has 1 N–H and O–H groups in total. The van der Waals surface area contributed by atoms with Crippen LogP contribution in [0.15, 0.2) is 42.5 Å². The molecule has 1 fully saturated rings. The fourth-order valence-electron chi connectivity index (χ4n) is 4.31. The van der Waals surface area contributed by atoms with Crippen LogP contribution in [0.25, 0.3) is 0 Å². The Balaban J connectivity index is 1.76. The van der Waals surface area contributed by atoms with Gasteiger partial charge in [-0.05, 0) is 42.4 Å². The number of hydrogen-bond donors (Lipinski definition) is 1. The maximum absolute atomic E-state index is 13.4. The zero-order chi connectivity index (χ0) is 21.9. The highest BCUT2D eigenvalue weighted by Crippen LogP contribution is 2.52. The standard InChI is InChI=1S/C20H18F5NO4/c1-17(10-26(2)11-17)18(27,12-3-6-14(7-4-12)28-19(21,22)23)13-5-8-15-16(9-13)30-20(24,25)29-15/h3-9,27H,10-11H2,1-2H3. The van der Waals surface area contributed by atoms with Gasteiger partial charge in [-0.25, -0.2) is 0 Å².